The van der Waals surface area contributed by atoms with Crippen molar-refractivity contribution in [1.29, 1.82) is 0 Å². The summed E-state index contributed by atoms with van der Waals surface area (Å²) in [6.45, 7) is 0. The maximum absolute atomic E-state index is 11.9. The molecule has 0 fully saturated rings. The Morgan fingerprint density at radius 3 is 1.02 bits per heavy atom. The van der Waals surface area contributed by atoms with Crippen LogP contribution >= 0.6 is 0 Å². The molecule has 55 heavy (non-hydrogen) atoms. The van der Waals surface area contributed by atoms with Gasteiger partial charge >= 0.3 is 48.9 Å². The zero-order valence-corrected chi connectivity index (χ0v) is 34.6. The van der Waals surface area contributed by atoms with Crippen molar-refractivity contribution in [2.45, 2.75) is 9.79 Å². The summed E-state index contributed by atoms with van der Waals surface area (Å²) in [5.41, 5.74) is 0.262. The molecule has 0 heterocycles. The molecule has 0 radical (unpaired) electrons. The normalized spacial score (nSPS) is 12.0. The summed E-state index contributed by atoms with van der Waals surface area (Å²) in [7, 11) is -9.57. The molecule has 0 spiro atoms. The average molecular weight is 892 g/mol. The van der Waals surface area contributed by atoms with Crippen LogP contribution in [0.3, 0.4) is 0 Å². The van der Waals surface area contributed by atoms with Crippen LogP contribution in [0.4, 0.5) is 22.7 Å². The monoisotopic (exact) mass is 892 g/mol. The largest absolute Gasteiger partial charge is 2.00 e. The van der Waals surface area contributed by atoms with Crippen molar-refractivity contribution in [2.75, 3.05) is 0 Å². The van der Waals surface area contributed by atoms with Gasteiger partial charge in [0.1, 0.15) is 54.5 Å². The summed E-state index contributed by atoms with van der Waals surface area (Å²) >= 11 is 0. The van der Waals surface area contributed by atoms with E-state index in [0.29, 0.717) is 21.5 Å². The number of hydrogen-bond acceptors (Lipinski definition) is 12. The second kappa shape index (κ2) is 16.4. The first-order valence-corrected chi connectivity index (χ1v) is 18.9. The zero-order valence-electron chi connectivity index (χ0n) is 28.5. The third-order valence-electron chi connectivity index (χ3n) is 8.49. The Balaban J connectivity index is 0.000000184. The van der Waals surface area contributed by atoms with Crippen LogP contribution in [0.5, 0.6) is 11.5 Å². The van der Waals surface area contributed by atoms with Crippen molar-refractivity contribution in [1.82, 2.24) is 0 Å². The molecule has 0 aliphatic heterocycles. The molecule has 0 unspecified atom stereocenters. The first-order chi connectivity index (χ1) is 25.9. The van der Waals surface area contributed by atoms with E-state index in [-0.39, 0.29) is 93.9 Å². The molecule has 0 aliphatic carbocycles. The minimum absolute atomic E-state index is 0. The van der Waals surface area contributed by atoms with Crippen molar-refractivity contribution >= 4 is 135 Å². The Bertz CT molecular complexity index is 2840. The van der Waals surface area contributed by atoms with E-state index < -0.39 is 30.0 Å². The van der Waals surface area contributed by atoms with Gasteiger partial charge in [0, 0.05) is 21.5 Å². The molecular formula is C40H26BaN4O8S2. The van der Waals surface area contributed by atoms with Gasteiger partial charge in [-0.1, -0.05) is 121 Å². The second-order valence-corrected chi connectivity index (χ2v) is 14.5. The summed E-state index contributed by atoms with van der Waals surface area (Å²) in [4.78, 5) is -0.854. The summed E-state index contributed by atoms with van der Waals surface area (Å²) in [6.07, 6.45) is 0. The molecular weight excluding hydrogens is 866 g/mol. The van der Waals surface area contributed by atoms with Gasteiger partial charge in [0.05, 0.1) is 9.79 Å². The quantitative estimate of drug-likeness (QED) is 0.0932. The summed E-state index contributed by atoms with van der Waals surface area (Å²) in [5.74, 6) is -0.186. The average Bonchev–Trinajstić information content (AvgIpc) is 3.16. The van der Waals surface area contributed by atoms with Crippen LogP contribution in [0, 0.1) is 0 Å². The minimum atomic E-state index is -4.78. The summed E-state index contributed by atoms with van der Waals surface area (Å²) in [6, 6.07) is 40.5. The van der Waals surface area contributed by atoms with Crippen molar-refractivity contribution in [3.8, 4) is 11.5 Å². The van der Waals surface area contributed by atoms with E-state index in [1.165, 1.54) is 24.3 Å². The van der Waals surface area contributed by atoms with Crippen LogP contribution in [0.15, 0.2) is 176 Å². The van der Waals surface area contributed by atoms with Gasteiger partial charge in [-0.25, -0.2) is 16.8 Å². The van der Waals surface area contributed by atoms with Gasteiger partial charge in [-0.2, -0.15) is 0 Å². The molecule has 0 saturated heterocycles. The number of benzene rings is 8. The fourth-order valence-corrected chi connectivity index (χ4v) is 7.69. The molecule has 15 heteroatoms. The third kappa shape index (κ3) is 8.47. The Morgan fingerprint density at radius 2 is 0.673 bits per heavy atom. The van der Waals surface area contributed by atoms with Crippen molar-refractivity contribution in [2.24, 2.45) is 20.5 Å². The van der Waals surface area contributed by atoms with E-state index in [4.69, 9.17) is 0 Å². The van der Waals surface area contributed by atoms with Crippen LogP contribution in [-0.4, -0.2) is 85.0 Å². The SMILES string of the molecule is O=S(=O)([O-])c1c(N=Nc2c(O)ccc3ccccc23)ccc2ccccc12.O=S(=O)([O-])c1c(N=Nc2c(O)ccc3ccccc23)ccc2ccccc12.[Ba+2]. The van der Waals surface area contributed by atoms with Gasteiger partial charge in [-0.05, 0) is 45.8 Å². The van der Waals surface area contributed by atoms with Crippen LogP contribution in [0.2, 0.25) is 0 Å². The number of phenolic OH excluding ortho intramolecular Hbond substituents is 2. The molecule has 0 atom stereocenters. The van der Waals surface area contributed by atoms with Gasteiger partial charge in [0.2, 0.25) is 0 Å². The van der Waals surface area contributed by atoms with Gasteiger partial charge in [0.25, 0.3) is 0 Å². The van der Waals surface area contributed by atoms with Gasteiger partial charge < -0.3 is 19.3 Å². The topological polar surface area (TPSA) is 204 Å². The van der Waals surface area contributed by atoms with E-state index in [0.717, 1.165) is 10.8 Å². The number of phenols is 2. The number of rotatable bonds is 6. The molecule has 0 bridgehead atoms. The molecule has 0 aliphatic rings. The number of aromatic hydroxyl groups is 2. The summed E-state index contributed by atoms with van der Waals surface area (Å²) in [5, 5.41) is 41.2. The Labute approximate surface area is 355 Å². The fraction of sp³-hybridized carbons (Fsp3) is 0. The smallest absolute Gasteiger partial charge is 0.744 e. The maximum atomic E-state index is 11.9. The minimum Gasteiger partial charge on any atom is -0.744 e. The number of fused-ring (bicyclic) bond motifs is 4. The molecule has 0 saturated carbocycles. The third-order valence-corrected chi connectivity index (χ3v) is 10.3. The molecule has 12 nitrogen and oxygen atoms in total. The maximum Gasteiger partial charge on any atom is 2.00 e. The van der Waals surface area contributed by atoms with Crippen molar-refractivity contribution in [3.05, 3.63) is 146 Å². The fourth-order valence-electron chi connectivity index (χ4n) is 6.05. The van der Waals surface area contributed by atoms with Crippen LogP contribution in [0.1, 0.15) is 0 Å². The molecule has 0 amide bonds. The molecule has 8 aromatic rings. The second-order valence-electron chi connectivity index (χ2n) is 11.9. The van der Waals surface area contributed by atoms with E-state index in [1.54, 1.807) is 97.1 Å². The van der Waals surface area contributed by atoms with Crippen molar-refractivity contribution < 1.29 is 36.2 Å². The number of hydrogen-bond donors (Lipinski definition) is 2. The zero-order chi connectivity index (χ0) is 38.0. The molecule has 268 valence electrons. The van der Waals surface area contributed by atoms with Crippen LogP contribution in [0.25, 0.3) is 43.1 Å². The first-order valence-electron chi connectivity index (χ1n) is 16.1. The van der Waals surface area contributed by atoms with E-state index in [1.807, 2.05) is 24.3 Å². The Morgan fingerprint density at radius 1 is 0.382 bits per heavy atom. The molecule has 8 rings (SSSR count). The molecule has 0 aromatic heterocycles. The standard InChI is InChI=1S/2C20H14N2O4S.Ba/c2*23-18-12-10-13-5-1-3-7-15(13)19(18)22-21-17-11-9-14-6-2-4-8-16(14)20(17)27(24,25)26;/h2*1-12,23H,(H,24,25,26);/q;;+2/p-2. The van der Waals surface area contributed by atoms with Gasteiger partial charge in [-0.15, -0.1) is 20.5 Å². The predicted molar refractivity (Wildman–Crippen MR) is 209 cm³/mol. The molecule has 8 aromatic carbocycles. The number of azo groups is 2. The van der Waals surface area contributed by atoms with Gasteiger partial charge in [0.15, 0.2) is 0 Å². The predicted octanol–water partition coefficient (Wildman–Crippen LogP) is 9.66. The molecule has 2 N–H and O–H groups in total. The van der Waals surface area contributed by atoms with Crippen LogP contribution in [-0.2, 0) is 20.2 Å². The number of nitrogens with zero attached hydrogens (tertiary/aromatic N) is 4. The van der Waals surface area contributed by atoms with Gasteiger partial charge in [-0.3, -0.25) is 0 Å². The van der Waals surface area contributed by atoms with Crippen LogP contribution < -0.4 is 0 Å². The Kier molecular flexibility index (Phi) is 11.8. The Hall–Kier alpha value is -5.01. The van der Waals surface area contributed by atoms with E-state index in [9.17, 15) is 36.2 Å². The van der Waals surface area contributed by atoms with E-state index in [2.05, 4.69) is 20.5 Å². The van der Waals surface area contributed by atoms with E-state index >= 15 is 0 Å². The van der Waals surface area contributed by atoms with Crippen molar-refractivity contribution in [3.63, 3.8) is 0 Å². The summed E-state index contributed by atoms with van der Waals surface area (Å²) < 4.78 is 71.1. The first kappa shape index (κ1) is 39.7.